The minimum Gasteiger partial charge on any atom is -0.477 e. The fourth-order valence-corrected chi connectivity index (χ4v) is 5.92. The largest absolute Gasteiger partial charge is 0.477 e. The van der Waals surface area contributed by atoms with E-state index in [-0.39, 0.29) is 29.6 Å². The zero-order valence-electron chi connectivity index (χ0n) is 23.1. The van der Waals surface area contributed by atoms with Crippen molar-refractivity contribution in [3.63, 3.8) is 0 Å². The van der Waals surface area contributed by atoms with Crippen LogP contribution in [0.2, 0.25) is 0 Å². The number of aromatic nitrogens is 4. The highest BCUT2D eigenvalue weighted by Crippen LogP contribution is 2.49. The number of carbonyl (C=O) groups is 1. The normalized spacial score (nSPS) is 14.7. The Morgan fingerprint density at radius 3 is 2.62 bits per heavy atom. The molecule has 1 saturated carbocycles. The van der Waals surface area contributed by atoms with Crippen LogP contribution in [0.4, 0.5) is 0 Å². The van der Waals surface area contributed by atoms with Crippen LogP contribution in [0.25, 0.3) is 26.6 Å². The summed E-state index contributed by atoms with van der Waals surface area (Å²) in [7, 11) is 0. The zero-order chi connectivity index (χ0) is 27.9. The third kappa shape index (κ3) is 5.67. The fraction of sp³-hybridized carbons (Fsp3) is 0.419. The molecule has 0 radical (unpaired) electrons. The highest BCUT2D eigenvalue weighted by Gasteiger charge is 2.42. The van der Waals surface area contributed by atoms with Gasteiger partial charge in [-0.15, -0.1) is 0 Å². The first-order valence-electron chi connectivity index (χ1n) is 13.8. The highest BCUT2D eigenvalue weighted by molar-refractivity contribution is 7.23. The van der Waals surface area contributed by atoms with Crippen LogP contribution in [0, 0.1) is 5.41 Å². The van der Waals surface area contributed by atoms with Crippen LogP contribution in [0.15, 0.2) is 53.2 Å². The maximum Gasteiger partial charge on any atom is 0.214 e. The molecule has 0 aliphatic heterocycles. The van der Waals surface area contributed by atoms with Crippen molar-refractivity contribution >= 4 is 32.4 Å². The van der Waals surface area contributed by atoms with Crippen molar-refractivity contribution in [2.45, 2.75) is 64.7 Å². The van der Waals surface area contributed by atoms with E-state index in [0.29, 0.717) is 24.6 Å². The van der Waals surface area contributed by atoms with Crippen molar-refractivity contribution in [1.82, 2.24) is 19.5 Å². The Bertz CT molecular complexity index is 1650. The number of aliphatic hydroxyl groups excluding tert-OH is 1. The Morgan fingerprint density at radius 1 is 1.12 bits per heavy atom. The minimum atomic E-state index is -0.132. The lowest BCUT2D eigenvalue weighted by molar-refractivity contribution is -0.117. The number of carbonyl (C=O) groups excluding carboxylic acids is 1. The average Bonchev–Trinajstić information content (AvgIpc) is 3.21. The van der Waals surface area contributed by atoms with Crippen LogP contribution in [-0.2, 0) is 23.1 Å². The number of pyridine rings is 1. The number of aliphatic hydroxyl groups is 1. The first-order valence-corrected chi connectivity index (χ1v) is 14.6. The van der Waals surface area contributed by atoms with E-state index >= 15 is 0 Å². The third-order valence-corrected chi connectivity index (χ3v) is 8.58. The summed E-state index contributed by atoms with van der Waals surface area (Å²) in [5.74, 6) is 1.52. The van der Waals surface area contributed by atoms with E-state index in [1.807, 2.05) is 48.7 Å². The lowest BCUT2D eigenvalue weighted by Crippen LogP contribution is -2.14. The summed E-state index contributed by atoms with van der Waals surface area (Å²) in [4.78, 5) is 24.0. The molecule has 0 spiro atoms. The Balaban J connectivity index is 1.10. The molecule has 0 bridgehead atoms. The van der Waals surface area contributed by atoms with Crippen LogP contribution in [0.5, 0.6) is 5.88 Å². The van der Waals surface area contributed by atoms with Crippen LogP contribution >= 0.6 is 11.3 Å². The van der Waals surface area contributed by atoms with Crippen LogP contribution < -0.4 is 4.74 Å². The number of benzene rings is 1. The first kappa shape index (κ1) is 26.7. The average molecular weight is 559 g/mol. The molecule has 1 fully saturated rings. The minimum absolute atomic E-state index is 0.101. The van der Waals surface area contributed by atoms with Crippen molar-refractivity contribution in [2.24, 2.45) is 5.41 Å². The summed E-state index contributed by atoms with van der Waals surface area (Å²) < 4.78 is 13.5. The van der Waals surface area contributed by atoms with Gasteiger partial charge in [-0.2, -0.15) is 0 Å². The fourth-order valence-electron chi connectivity index (χ4n) is 4.95. The molecule has 0 saturated heterocycles. The number of Topliss-reactive ketones (excluding diaryl/α,β-unsaturated/α-hetero) is 1. The van der Waals surface area contributed by atoms with Gasteiger partial charge in [0, 0.05) is 47.8 Å². The second-order valence-corrected chi connectivity index (χ2v) is 12.9. The molecule has 4 aromatic heterocycles. The lowest BCUT2D eigenvalue weighted by atomic mass is 9.93. The third-order valence-electron chi connectivity index (χ3n) is 7.61. The molecule has 0 atom stereocenters. The number of thiazole rings is 1. The topological polar surface area (TPSA) is 103 Å². The molecule has 0 unspecified atom stereocenters. The van der Waals surface area contributed by atoms with Crippen molar-refractivity contribution < 1.29 is 19.2 Å². The Kier molecular flexibility index (Phi) is 6.96. The second kappa shape index (κ2) is 10.4. The number of ketones is 1. The molecule has 1 N–H and O–H groups in total. The van der Waals surface area contributed by atoms with Gasteiger partial charge in [-0.05, 0) is 37.3 Å². The Hall–Kier alpha value is -3.56. The van der Waals surface area contributed by atoms with Gasteiger partial charge in [-0.25, -0.2) is 9.97 Å². The standard InChI is InChI=1S/C31H34N4O4S/c1-30(2,3)26-17-22(34-39-26)16-23(37)15-20-5-7-21(8-6-20)24-18-35-25-9-10-27(33-28(25)40-29(35)32-24)38-19-31(12-13-31)11-4-14-36/h5-10,17-18,36H,4,11-16,19H2,1-3H3. The van der Waals surface area contributed by atoms with Gasteiger partial charge in [-0.3, -0.25) is 9.20 Å². The number of hydrogen-bond acceptors (Lipinski definition) is 8. The van der Waals surface area contributed by atoms with Gasteiger partial charge >= 0.3 is 0 Å². The molecule has 1 aliphatic carbocycles. The Morgan fingerprint density at radius 2 is 1.93 bits per heavy atom. The summed E-state index contributed by atoms with van der Waals surface area (Å²) in [6, 6.07) is 13.8. The summed E-state index contributed by atoms with van der Waals surface area (Å²) in [6.45, 7) is 7.06. The van der Waals surface area contributed by atoms with Crippen molar-refractivity contribution in [2.75, 3.05) is 13.2 Å². The van der Waals surface area contributed by atoms with Crippen molar-refractivity contribution in [3.8, 4) is 17.1 Å². The van der Waals surface area contributed by atoms with Crippen LogP contribution in [0.3, 0.4) is 0 Å². The molecular formula is C31H34N4O4S. The molecule has 0 amide bonds. The van der Waals surface area contributed by atoms with Gasteiger partial charge in [0.25, 0.3) is 0 Å². The predicted octanol–water partition coefficient (Wildman–Crippen LogP) is 6.18. The van der Waals surface area contributed by atoms with Gasteiger partial charge < -0.3 is 14.4 Å². The maximum atomic E-state index is 12.6. The van der Waals surface area contributed by atoms with Crippen molar-refractivity contribution in [3.05, 3.63) is 65.7 Å². The van der Waals surface area contributed by atoms with E-state index in [1.165, 1.54) is 11.3 Å². The number of imidazole rings is 1. The summed E-state index contributed by atoms with van der Waals surface area (Å²) in [5, 5.41) is 13.2. The molecule has 8 nitrogen and oxygen atoms in total. The number of fused-ring (bicyclic) bond motifs is 3. The molecule has 1 aromatic carbocycles. The smallest absolute Gasteiger partial charge is 0.214 e. The lowest BCUT2D eigenvalue weighted by Gasteiger charge is -2.14. The van der Waals surface area contributed by atoms with E-state index in [1.54, 1.807) is 0 Å². The van der Waals surface area contributed by atoms with Gasteiger partial charge in [0.1, 0.15) is 16.4 Å². The molecule has 208 valence electrons. The van der Waals surface area contributed by atoms with E-state index in [4.69, 9.17) is 24.3 Å². The zero-order valence-corrected chi connectivity index (χ0v) is 24.0. The number of rotatable bonds is 11. The van der Waals surface area contributed by atoms with Crippen molar-refractivity contribution in [1.29, 1.82) is 0 Å². The van der Waals surface area contributed by atoms with E-state index in [9.17, 15) is 4.79 Å². The van der Waals surface area contributed by atoms with Gasteiger partial charge in [0.15, 0.2) is 4.96 Å². The second-order valence-electron chi connectivity index (χ2n) is 12.0. The number of hydrogen-bond donors (Lipinski definition) is 1. The molecule has 4 heterocycles. The van der Waals surface area contributed by atoms with Crippen LogP contribution in [0.1, 0.15) is 63.5 Å². The molecule has 9 heteroatoms. The maximum absolute atomic E-state index is 12.6. The van der Waals surface area contributed by atoms with E-state index in [2.05, 4.69) is 30.3 Å². The number of nitrogens with zero attached hydrogens (tertiary/aromatic N) is 4. The summed E-state index contributed by atoms with van der Waals surface area (Å²) in [5.41, 5.74) is 4.59. The SMILES string of the molecule is CC(C)(C)c1cc(CC(=O)Cc2ccc(-c3cn4c(n3)sc3nc(OCC5(CCCO)CC5)ccc34)cc2)no1. The summed E-state index contributed by atoms with van der Waals surface area (Å²) >= 11 is 1.54. The molecule has 6 rings (SSSR count). The Labute approximate surface area is 237 Å². The summed E-state index contributed by atoms with van der Waals surface area (Å²) in [6.07, 6.45) is 6.77. The van der Waals surface area contributed by atoms with E-state index in [0.717, 1.165) is 63.6 Å². The van der Waals surface area contributed by atoms with Crippen LogP contribution in [-0.4, -0.2) is 43.6 Å². The van der Waals surface area contributed by atoms with E-state index < -0.39 is 0 Å². The van der Waals surface area contributed by atoms with Gasteiger partial charge in [0.05, 0.1) is 29.9 Å². The quantitative estimate of drug-likeness (QED) is 0.206. The first-order chi connectivity index (χ1) is 19.2. The number of ether oxygens (including phenoxy) is 1. The van der Waals surface area contributed by atoms with Gasteiger partial charge in [0.2, 0.25) is 5.88 Å². The highest BCUT2D eigenvalue weighted by atomic mass is 32.1. The monoisotopic (exact) mass is 558 g/mol. The van der Waals surface area contributed by atoms with Gasteiger partial charge in [-0.1, -0.05) is 61.5 Å². The molecule has 40 heavy (non-hydrogen) atoms. The molecule has 1 aliphatic rings. The molecule has 5 aromatic rings. The molecular weight excluding hydrogens is 524 g/mol. The predicted molar refractivity (Wildman–Crippen MR) is 155 cm³/mol.